The Morgan fingerprint density at radius 3 is 2.24 bits per heavy atom. The van der Waals surface area contributed by atoms with E-state index in [1.165, 1.54) is 12.5 Å². The van der Waals surface area contributed by atoms with E-state index in [0.717, 1.165) is 23.2 Å². The van der Waals surface area contributed by atoms with Crippen LogP contribution in [0.4, 0.5) is 13.2 Å². The zero-order chi connectivity index (χ0) is 19.4. The van der Waals surface area contributed by atoms with Crippen LogP contribution < -0.4 is 5.43 Å². The lowest BCUT2D eigenvalue weighted by molar-refractivity contribution is -0.0686. The SMILES string of the molecule is C=C(C)N(NC(C)=N[C@H](C)c1ccc(C)c(C)c1)C(=NC)C(F)(F)F. The Hall–Kier alpha value is -2.31. The Morgan fingerprint density at radius 1 is 1.20 bits per heavy atom. The zero-order valence-electron chi connectivity index (χ0n) is 15.5. The molecule has 0 aromatic heterocycles. The maximum absolute atomic E-state index is 13.1. The normalized spacial score (nSPS) is 14.3. The monoisotopic (exact) mass is 354 g/mol. The van der Waals surface area contributed by atoms with Gasteiger partial charge in [0.25, 0.3) is 0 Å². The van der Waals surface area contributed by atoms with E-state index in [4.69, 9.17) is 0 Å². The van der Waals surface area contributed by atoms with Gasteiger partial charge in [0.05, 0.1) is 6.04 Å². The Morgan fingerprint density at radius 2 is 1.80 bits per heavy atom. The first-order chi connectivity index (χ1) is 11.5. The number of aliphatic imine (C=N–C) groups is 2. The van der Waals surface area contributed by atoms with E-state index in [0.29, 0.717) is 5.84 Å². The van der Waals surface area contributed by atoms with Crippen molar-refractivity contribution in [2.75, 3.05) is 7.05 Å². The van der Waals surface area contributed by atoms with Crippen molar-refractivity contribution < 1.29 is 13.2 Å². The second-order valence-electron chi connectivity index (χ2n) is 5.96. The molecule has 25 heavy (non-hydrogen) atoms. The molecule has 1 atom stereocenters. The minimum absolute atomic E-state index is 0.159. The van der Waals surface area contributed by atoms with Crippen LogP contribution in [0.15, 0.2) is 40.5 Å². The van der Waals surface area contributed by atoms with Gasteiger partial charge in [-0.3, -0.25) is 15.4 Å². The third-order valence-electron chi connectivity index (χ3n) is 3.73. The average Bonchev–Trinajstić information content (AvgIpc) is 2.48. The summed E-state index contributed by atoms with van der Waals surface area (Å²) in [6, 6.07) is 5.80. The summed E-state index contributed by atoms with van der Waals surface area (Å²) in [4.78, 5) is 7.77. The summed E-state index contributed by atoms with van der Waals surface area (Å²) in [7, 11) is 1.09. The first-order valence-corrected chi connectivity index (χ1v) is 7.85. The van der Waals surface area contributed by atoms with Crippen molar-refractivity contribution >= 4 is 11.7 Å². The highest BCUT2D eigenvalue weighted by Crippen LogP contribution is 2.22. The number of hydrogen-bond donors (Lipinski definition) is 1. The Labute approximate surface area is 147 Å². The molecule has 0 saturated carbocycles. The average molecular weight is 354 g/mol. The summed E-state index contributed by atoms with van der Waals surface area (Å²) in [6.45, 7) is 12.6. The van der Waals surface area contributed by atoms with Gasteiger partial charge in [-0.1, -0.05) is 24.8 Å². The number of benzene rings is 1. The summed E-state index contributed by atoms with van der Waals surface area (Å²) in [6.07, 6.45) is -4.60. The summed E-state index contributed by atoms with van der Waals surface area (Å²) < 4.78 is 39.3. The molecule has 1 aromatic carbocycles. The Bertz CT molecular complexity index is 690. The highest BCUT2D eigenvalue weighted by atomic mass is 19.4. The lowest BCUT2D eigenvalue weighted by Crippen LogP contribution is -2.49. The van der Waals surface area contributed by atoms with Gasteiger partial charge in [-0.2, -0.15) is 13.2 Å². The van der Waals surface area contributed by atoms with Crippen LogP contribution in [0, 0.1) is 13.8 Å². The van der Waals surface area contributed by atoms with Crippen LogP contribution in [0.5, 0.6) is 0 Å². The van der Waals surface area contributed by atoms with Gasteiger partial charge in [0.1, 0.15) is 5.84 Å². The number of hydrogen-bond acceptors (Lipinski definition) is 2. The maximum atomic E-state index is 13.1. The number of rotatable bonds is 3. The third-order valence-corrected chi connectivity index (χ3v) is 3.73. The molecule has 0 aliphatic carbocycles. The van der Waals surface area contributed by atoms with Crippen LogP contribution in [0.2, 0.25) is 0 Å². The number of allylic oxidation sites excluding steroid dienone is 1. The number of nitrogens with one attached hydrogen (secondary N) is 1. The van der Waals surface area contributed by atoms with Crippen LogP contribution >= 0.6 is 0 Å². The minimum Gasteiger partial charge on any atom is -0.280 e. The molecule has 4 nitrogen and oxygen atoms in total. The Balaban J connectivity index is 3.03. The predicted molar refractivity (Wildman–Crippen MR) is 96.6 cm³/mol. The van der Waals surface area contributed by atoms with Crippen molar-refractivity contribution in [1.29, 1.82) is 0 Å². The van der Waals surface area contributed by atoms with Gasteiger partial charge in [-0.25, -0.2) is 5.01 Å². The molecule has 0 fully saturated rings. The number of aryl methyl sites for hydroxylation is 2. The van der Waals surface area contributed by atoms with E-state index in [1.54, 1.807) is 6.92 Å². The fourth-order valence-corrected chi connectivity index (χ4v) is 2.26. The first-order valence-electron chi connectivity index (χ1n) is 7.85. The van der Waals surface area contributed by atoms with Crippen LogP contribution in [-0.2, 0) is 0 Å². The van der Waals surface area contributed by atoms with Crippen molar-refractivity contribution in [1.82, 2.24) is 10.4 Å². The van der Waals surface area contributed by atoms with Crippen LogP contribution in [0.3, 0.4) is 0 Å². The number of amidine groups is 2. The van der Waals surface area contributed by atoms with Gasteiger partial charge >= 0.3 is 6.18 Å². The molecule has 0 bridgehead atoms. The van der Waals surface area contributed by atoms with Gasteiger partial charge in [-0.15, -0.1) is 0 Å². The second-order valence-corrected chi connectivity index (χ2v) is 5.96. The smallest absolute Gasteiger partial charge is 0.280 e. The van der Waals surface area contributed by atoms with Gasteiger partial charge < -0.3 is 0 Å². The van der Waals surface area contributed by atoms with Crippen molar-refractivity contribution in [3.05, 3.63) is 47.2 Å². The zero-order valence-corrected chi connectivity index (χ0v) is 15.5. The van der Waals surface area contributed by atoms with Crippen molar-refractivity contribution in [2.45, 2.75) is 46.8 Å². The summed E-state index contributed by atoms with van der Waals surface area (Å²) in [5, 5.41) is 0.798. The Kier molecular flexibility index (Phi) is 6.78. The van der Waals surface area contributed by atoms with Crippen LogP contribution in [-0.4, -0.2) is 29.9 Å². The summed E-state index contributed by atoms with van der Waals surface area (Å²) >= 11 is 0. The molecule has 1 aromatic rings. The molecule has 0 saturated heterocycles. The topological polar surface area (TPSA) is 40.0 Å². The fraction of sp³-hybridized carbons (Fsp3) is 0.444. The molecule has 0 spiro atoms. The van der Waals surface area contributed by atoms with E-state index < -0.39 is 12.0 Å². The van der Waals surface area contributed by atoms with Gasteiger partial charge in [0.2, 0.25) is 5.84 Å². The molecule has 0 aliphatic rings. The number of nitrogens with zero attached hydrogens (tertiary/aromatic N) is 3. The third kappa shape index (κ3) is 5.62. The van der Waals surface area contributed by atoms with Crippen molar-refractivity contribution in [3.63, 3.8) is 0 Å². The molecule has 1 N–H and O–H groups in total. The molecule has 7 heteroatoms. The molecule has 0 radical (unpaired) electrons. The van der Waals surface area contributed by atoms with E-state index in [9.17, 15) is 13.2 Å². The van der Waals surface area contributed by atoms with E-state index in [1.807, 2.05) is 39.0 Å². The van der Waals surface area contributed by atoms with Crippen molar-refractivity contribution in [2.24, 2.45) is 9.98 Å². The molecular weight excluding hydrogens is 329 g/mol. The largest absolute Gasteiger partial charge is 0.451 e. The van der Waals surface area contributed by atoms with E-state index in [-0.39, 0.29) is 11.7 Å². The minimum atomic E-state index is -4.60. The molecule has 138 valence electrons. The summed E-state index contributed by atoms with van der Waals surface area (Å²) in [5.41, 5.74) is 6.11. The van der Waals surface area contributed by atoms with E-state index >= 15 is 0 Å². The first kappa shape index (κ1) is 20.7. The fourth-order valence-electron chi connectivity index (χ4n) is 2.26. The maximum Gasteiger partial charge on any atom is 0.451 e. The molecule has 1 rings (SSSR count). The van der Waals surface area contributed by atoms with Gasteiger partial charge in [0.15, 0.2) is 0 Å². The van der Waals surface area contributed by atoms with Gasteiger partial charge in [-0.05, 0) is 51.3 Å². The molecule has 0 amide bonds. The van der Waals surface area contributed by atoms with Crippen LogP contribution in [0.25, 0.3) is 0 Å². The molecule has 0 aliphatic heterocycles. The standard InChI is InChI=1S/C18H25F3N4/c1-11(2)25(17(22-7)18(19,20)21)24-15(6)23-14(5)16-9-8-12(3)13(4)10-16/h8-10,14H,1H2,2-7H3,(H,23,24)/t14-/m1/s1. The lowest BCUT2D eigenvalue weighted by Gasteiger charge is -2.28. The highest BCUT2D eigenvalue weighted by molar-refractivity contribution is 5.91. The van der Waals surface area contributed by atoms with E-state index in [2.05, 4.69) is 22.0 Å². The quantitative estimate of drug-likeness (QED) is 0.485. The van der Waals surface area contributed by atoms with Crippen LogP contribution in [0.1, 0.15) is 43.5 Å². The number of halogens is 3. The lowest BCUT2D eigenvalue weighted by atomic mass is 10.0. The second kappa shape index (κ2) is 8.18. The predicted octanol–water partition coefficient (Wildman–Crippen LogP) is 4.71. The summed E-state index contributed by atoms with van der Waals surface area (Å²) in [5.74, 6) is -0.743. The highest BCUT2D eigenvalue weighted by Gasteiger charge is 2.40. The van der Waals surface area contributed by atoms with Gasteiger partial charge in [0, 0.05) is 12.7 Å². The van der Waals surface area contributed by atoms with Crippen molar-refractivity contribution in [3.8, 4) is 0 Å². The molecular formula is C18H25F3N4. The molecule has 0 unspecified atom stereocenters. The molecule has 0 heterocycles. The number of alkyl halides is 3. The number of hydrazine groups is 1.